The van der Waals surface area contributed by atoms with E-state index < -0.39 is 0 Å². The van der Waals surface area contributed by atoms with Gasteiger partial charge in [0.2, 0.25) is 5.89 Å². The number of phenolic OH excluding ortho intramolecular Hbond substituents is 1. The molecule has 1 aromatic carbocycles. The molecule has 0 unspecified atom stereocenters. The Morgan fingerprint density at radius 2 is 1.87 bits per heavy atom. The minimum Gasteiger partial charge on any atom is -0.508 e. The Bertz CT molecular complexity index is 1340. The van der Waals surface area contributed by atoms with E-state index in [0.29, 0.717) is 34.3 Å². The van der Waals surface area contributed by atoms with Gasteiger partial charge in [-0.2, -0.15) is 0 Å². The number of fused-ring (bicyclic) bond motifs is 1. The van der Waals surface area contributed by atoms with E-state index in [-0.39, 0.29) is 17.8 Å². The molecule has 0 aliphatic rings. The number of nitrogens with one attached hydrogen (secondary N) is 1. The molecule has 0 atom stereocenters. The normalized spacial score (nSPS) is 11.3. The topological polar surface area (TPSA) is 128 Å². The van der Waals surface area contributed by atoms with E-state index in [1.165, 1.54) is 0 Å². The van der Waals surface area contributed by atoms with Crippen LogP contribution in [0, 0.1) is 0 Å². The minimum atomic E-state index is 0.161. The van der Waals surface area contributed by atoms with Gasteiger partial charge < -0.3 is 14.1 Å². The summed E-state index contributed by atoms with van der Waals surface area (Å²) in [5, 5.41) is 20.7. The van der Waals surface area contributed by atoms with Crippen LogP contribution in [0.1, 0.15) is 19.9 Å². The van der Waals surface area contributed by atoms with Crippen LogP contribution in [0.2, 0.25) is 0 Å². The molecule has 31 heavy (non-hydrogen) atoms. The average molecular weight is 414 g/mol. The fourth-order valence-electron chi connectivity index (χ4n) is 3.10. The van der Waals surface area contributed by atoms with Crippen LogP contribution in [-0.2, 0) is 0 Å². The number of aromatic nitrogens is 7. The van der Waals surface area contributed by atoms with Crippen molar-refractivity contribution in [3.8, 4) is 28.6 Å². The molecule has 154 valence electrons. The molecule has 0 spiro atoms. The van der Waals surface area contributed by atoms with Crippen LogP contribution in [-0.4, -0.2) is 39.8 Å². The van der Waals surface area contributed by atoms with Crippen LogP contribution in [0.25, 0.3) is 34.0 Å². The van der Waals surface area contributed by atoms with Crippen molar-refractivity contribution in [3.05, 3.63) is 55.1 Å². The summed E-state index contributed by atoms with van der Waals surface area (Å²) in [5.41, 5.74) is 2.74. The molecule has 4 aromatic heterocycles. The lowest BCUT2D eigenvalue weighted by Crippen LogP contribution is -2.04. The first-order chi connectivity index (χ1) is 15.1. The Kier molecular flexibility index (Phi) is 4.51. The van der Waals surface area contributed by atoms with E-state index in [0.717, 1.165) is 5.56 Å². The molecule has 0 bridgehead atoms. The zero-order valence-corrected chi connectivity index (χ0v) is 16.8. The molecule has 0 aliphatic carbocycles. The Hall–Kier alpha value is -4.34. The van der Waals surface area contributed by atoms with E-state index in [2.05, 4.69) is 44.3 Å². The number of anilines is 2. The standard InChI is InChI=1S/C21H18N8O2/c1-12(2)29-11-23-16-18(24-17(25-19(16)29)14-4-3-9-22-10-14)26-21-28-27-20(31-21)13-5-7-15(30)8-6-13/h3-12,30H,1-2H3,(H,24,25,26,28). The average Bonchev–Trinajstić information content (AvgIpc) is 3.42. The first-order valence-corrected chi connectivity index (χ1v) is 9.63. The first kappa shape index (κ1) is 18.7. The molecule has 5 rings (SSSR count). The maximum atomic E-state index is 9.46. The van der Waals surface area contributed by atoms with Crippen LogP contribution >= 0.6 is 0 Å². The molecular formula is C21H18N8O2. The number of imidazole rings is 1. The highest BCUT2D eigenvalue weighted by atomic mass is 16.4. The van der Waals surface area contributed by atoms with Gasteiger partial charge in [0.25, 0.3) is 0 Å². The van der Waals surface area contributed by atoms with Crippen LogP contribution in [0.15, 0.2) is 59.5 Å². The second-order valence-electron chi connectivity index (χ2n) is 7.14. The summed E-state index contributed by atoms with van der Waals surface area (Å²) in [6, 6.07) is 10.6. The van der Waals surface area contributed by atoms with Gasteiger partial charge in [-0.15, -0.1) is 5.10 Å². The van der Waals surface area contributed by atoms with E-state index in [4.69, 9.17) is 9.40 Å². The fourth-order valence-corrected chi connectivity index (χ4v) is 3.10. The van der Waals surface area contributed by atoms with E-state index in [1.54, 1.807) is 43.0 Å². The molecule has 0 fully saturated rings. The fraction of sp³-hybridized carbons (Fsp3) is 0.143. The van der Waals surface area contributed by atoms with Crippen molar-refractivity contribution in [2.24, 2.45) is 0 Å². The zero-order chi connectivity index (χ0) is 21.4. The third-order valence-corrected chi connectivity index (χ3v) is 4.66. The van der Waals surface area contributed by atoms with Gasteiger partial charge in [0.05, 0.1) is 6.33 Å². The van der Waals surface area contributed by atoms with E-state index >= 15 is 0 Å². The second kappa shape index (κ2) is 7.48. The number of benzene rings is 1. The monoisotopic (exact) mass is 414 g/mol. The highest BCUT2D eigenvalue weighted by molar-refractivity contribution is 5.86. The molecule has 0 aliphatic heterocycles. The van der Waals surface area contributed by atoms with Crippen LogP contribution in [0.4, 0.5) is 11.8 Å². The summed E-state index contributed by atoms with van der Waals surface area (Å²) < 4.78 is 7.71. The van der Waals surface area contributed by atoms with Gasteiger partial charge >= 0.3 is 6.01 Å². The van der Waals surface area contributed by atoms with Crippen molar-refractivity contribution >= 4 is 23.0 Å². The summed E-state index contributed by atoms with van der Waals surface area (Å²) >= 11 is 0. The maximum Gasteiger partial charge on any atom is 0.321 e. The van der Waals surface area contributed by atoms with Crippen molar-refractivity contribution in [2.75, 3.05) is 5.32 Å². The van der Waals surface area contributed by atoms with Gasteiger partial charge in [0, 0.05) is 29.6 Å². The van der Waals surface area contributed by atoms with Crippen molar-refractivity contribution in [2.45, 2.75) is 19.9 Å². The first-order valence-electron chi connectivity index (χ1n) is 9.63. The number of pyridine rings is 1. The highest BCUT2D eigenvalue weighted by Crippen LogP contribution is 2.29. The minimum absolute atomic E-state index is 0.161. The van der Waals surface area contributed by atoms with Gasteiger partial charge in [0.1, 0.15) is 5.75 Å². The zero-order valence-electron chi connectivity index (χ0n) is 16.8. The number of rotatable bonds is 5. The van der Waals surface area contributed by atoms with Crippen molar-refractivity contribution in [3.63, 3.8) is 0 Å². The SMILES string of the molecule is CC(C)n1cnc2c(Nc3nnc(-c4ccc(O)cc4)o3)nc(-c3cccnc3)nc21. The number of hydrogen-bond acceptors (Lipinski definition) is 9. The molecule has 0 saturated heterocycles. The molecular weight excluding hydrogens is 396 g/mol. The lowest BCUT2D eigenvalue weighted by atomic mass is 10.2. The van der Waals surface area contributed by atoms with Crippen molar-refractivity contribution < 1.29 is 9.52 Å². The van der Waals surface area contributed by atoms with Crippen molar-refractivity contribution in [1.82, 2.24) is 34.7 Å². The summed E-state index contributed by atoms with van der Waals surface area (Å²) in [7, 11) is 0. The van der Waals surface area contributed by atoms with Crippen molar-refractivity contribution in [1.29, 1.82) is 0 Å². The summed E-state index contributed by atoms with van der Waals surface area (Å²) in [4.78, 5) is 18.0. The molecule has 4 heterocycles. The number of nitrogens with zero attached hydrogens (tertiary/aromatic N) is 7. The third-order valence-electron chi connectivity index (χ3n) is 4.66. The molecule has 0 saturated carbocycles. The Labute approximate surface area is 176 Å². The Balaban J connectivity index is 1.57. The van der Waals surface area contributed by atoms with E-state index in [1.807, 2.05) is 16.7 Å². The van der Waals surface area contributed by atoms with Gasteiger partial charge in [-0.3, -0.25) is 10.3 Å². The largest absolute Gasteiger partial charge is 0.508 e. The summed E-state index contributed by atoms with van der Waals surface area (Å²) in [6.45, 7) is 4.12. The van der Waals surface area contributed by atoms with Crippen LogP contribution in [0.5, 0.6) is 5.75 Å². The Morgan fingerprint density at radius 3 is 2.61 bits per heavy atom. The molecule has 5 aromatic rings. The lowest BCUT2D eigenvalue weighted by molar-refractivity contribution is 0.475. The van der Waals surface area contributed by atoms with Gasteiger partial charge in [0.15, 0.2) is 22.8 Å². The number of phenols is 1. The smallest absolute Gasteiger partial charge is 0.321 e. The predicted octanol–water partition coefficient (Wildman–Crippen LogP) is 3.97. The van der Waals surface area contributed by atoms with Crippen LogP contribution in [0.3, 0.4) is 0 Å². The van der Waals surface area contributed by atoms with Gasteiger partial charge in [-0.1, -0.05) is 5.10 Å². The van der Waals surface area contributed by atoms with Gasteiger partial charge in [-0.25, -0.2) is 15.0 Å². The second-order valence-corrected chi connectivity index (χ2v) is 7.14. The predicted molar refractivity (Wildman–Crippen MR) is 114 cm³/mol. The number of aromatic hydroxyl groups is 1. The van der Waals surface area contributed by atoms with E-state index in [9.17, 15) is 5.11 Å². The highest BCUT2D eigenvalue weighted by Gasteiger charge is 2.18. The third kappa shape index (κ3) is 3.54. The molecule has 10 heteroatoms. The molecule has 10 nitrogen and oxygen atoms in total. The molecule has 2 N–H and O–H groups in total. The Morgan fingerprint density at radius 1 is 1.03 bits per heavy atom. The maximum absolute atomic E-state index is 9.46. The number of hydrogen-bond donors (Lipinski definition) is 2. The quantitative estimate of drug-likeness (QED) is 0.439. The van der Waals surface area contributed by atoms with Crippen LogP contribution < -0.4 is 5.32 Å². The molecule has 0 amide bonds. The van der Waals surface area contributed by atoms with Gasteiger partial charge in [-0.05, 0) is 50.2 Å². The summed E-state index contributed by atoms with van der Waals surface area (Å²) in [6.07, 6.45) is 5.14. The molecule has 0 radical (unpaired) electrons. The lowest BCUT2D eigenvalue weighted by Gasteiger charge is -2.10. The summed E-state index contributed by atoms with van der Waals surface area (Å²) in [5.74, 6) is 1.43.